The lowest BCUT2D eigenvalue weighted by Gasteiger charge is -2.59. The summed E-state index contributed by atoms with van der Waals surface area (Å²) >= 11 is 0. The summed E-state index contributed by atoms with van der Waals surface area (Å²) in [6.07, 6.45) is 9.55. The van der Waals surface area contributed by atoms with E-state index < -0.39 is 5.97 Å². The Labute approximate surface area is 165 Å². The molecule has 4 fully saturated rings. The highest BCUT2D eigenvalue weighted by Gasteiger charge is 2.53. The first-order valence-corrected chi connectivity index (χ1v) is 10.5. The zero-order valence-electron chi connectivity index (χ0n) is 16.4. The number of ether oxygens (including phenoxy) is 1. The Balaban J connectivity index is 1.19. The van der Waals surface area contributed by atoms with E-state index in [-0.39, 0.29) is 24.0 Å². The molecule has 4 aliphatic carbocycles. The molecule has 2 N–H and O–H groups in total. The summed E-state index contributed by atoms with van der Waals surface area (Å²) in [4.78, 5) is 28.0. The number of benzene rings is 1. The molecule has 1 aromatic carbocycles. The number of rotatable bonds is 5. The second kappa shape index (κ2) is 6.64. The van der Waals surface area contributed by atoms with Gasteiger partial charge in [-0.1, -0.05) is 18.2 Å². The van der Waals surface area contributed by atoms with Gasteiger partial charge in [0.05, 0.1) is 5.56 Å². The smallest absolute Gasteiger partial charge is 0.340 e. The van der Waals surface area contributed by atoms with Gasteiger partial charge < -0.3 is 15.0 Å². The van der Waals surface area contributed by atoms with Crippen molar-refractivity contribution in [3.05, 3.63) is 36.0 Å². The fourth-order valence-electron chi connectivity index (χ4n) is 6.59. The van der Waals surface area contributed by atoms with Gasteiger partial charge in [0.15, 0.2) is 6.61 Å². The summed E-state index contributed by atoms with van der Waals surface area (Å²) in [6.45, 7) is 1.92. The van der Waals surface area contributed by atoms with Crippen LogP contribution in [-0.2, 0) is 9.53 Å². The van der Waals surface area contributed by atoms with E-state index in [9.17, 15) is 9.59 Å². The molecule has 2 aromatic rings. The zero-order chi connectivity index (χ0) is 19.3. The fraction of sp³-hybridized carbons (Fsp3) is 0.565. The fourth-order valence-corrected chi connectivity index (χ4v) is 6.59. The predicted molar refractivity (Wildman–Crippen MR) is 107 cm³/mol. The van der Waals surface area contributed by atoms with Gasteiger partial charge >= 0.3 is 5.97 Å². The number of carbonyl (C=O) groups is 2. The van der Waals surface area contributed by atoms with Gasteiger partial charge in [-0.05, 0) is 74.7 Å². The van der Waals surface area contributed by atoms with E-state index in [1.807, 2.05) is 24.3 Å². The number of esters is 1. The topological polar surface area (TPSA) is 71.2 Å². The molecule has 1 atom stereocenters. The third-order valence-corrected chi connectivity index (χ3v) is 7.53. The van der Waals surface area contributed by atoms with Gasteiger partial charge in [0.2, 0.25) is 0 Å². The van der Waals surface area contributed by atoms with Crippen LogP contribution in [0.2, 0.25) is 0 Å². The van der Waals surface area contributed by atoms with Crippen molar-refractivity contribution in [2.24, 2.45) is 23.2 Å². The number of H-pyrrole nitrogens is 1. The maximum absolute atomic E-state index is 12.5. The SMILES string of the molecule is C[C@@H](NC(=O)COC(=O)c1c[nH]c2ccccc12)C12CC3CC(CC(C3)C1)C2. The van der Waals surface area contributed by atoms with Crippen molar-refractivity contribution >= 4 is 22.8 Å². The van der Waals surface area contributed by atoms with Crippen molar-refractivity contribution in [3.63, 3.8) is 0 Å². The molecule has 6 rings (SSSR count). The number of para-hydroxylation sites is 1. The molecule has 0 unspecified atom stereocenters. The molecule has 4 bridgehead atoms. The number of aromatic amines is 1. The summed E-state index contributed by atoms with van der Waals surface area (Å²) in [6, 6.07) is 7.71. The van der Waals surface area contributed by atoms with Gasteiger partial charge in [-0.25, -0.2) is 4.79 Å². The maximum atomic E-state index is 12.5. The van der Waals surface area contributed by atoms with Crippen molar-refractivity contribution in [1.29, 1.82) is 0 Å². The maximum Gasteiger partial charge on any atom is 0.340 e. The van der Waals surface area contributed by atoms with E-state index in [0.717, 1.165) is 28.7 Å². The number of hydrogen-bond donors (Lipinski definition) is 2. The molecule has 1 amide bonds. The van der Waals surface area contributed by atoms with Crippen LogP contribution in [0.1, 0.15) is 55.8 Å². The van der Waals surface area contributed by atoms with Crippen LogP contribution in [0.15, 0.2) is 30.5 Å². The van der Waals surface area contributed by atoms with E-state index in [2.05, 4.69) is 17.2 Å². The minimum Gasteiger partial charge on any atom is -0.452 e. The highest BCUT2D eigenvalue weighted by molar-refractivity contribution is 6.04. The molecule has 1 aromatic heterocycles. The number of fused-ring (bicyclic) bond motifs is 1. The summed E-state index contributed by atoms with van der Waals surface area (Å²) in [5.41, 5.74) is 1.61. The Morgan fingerprint density at radius 1 is 1.14 bits per heavy atom. The molecular formula is C23H28N2O3. The molecular weight excluding hydrogens is 352 g/mol. The lowest BCUT2D eigenvalue weighted by molar-refractivity contribution is -0.128. The van der Waals surface area contributed by atoms with Crippen LogP contribution in [0.5, 0.6) is 0 Å². The Morgan fingerprint density at radius 3 is 2.46 bits per heavy atom. The first-order chi connectivity index (χ1) is 13.5. The Morgan fingerprint density at radius 2 is 1.79 bits per heavy atom. The van der Waals surface area contributed by atoms with Crippen LogP contribution in [-0.4, -0.2) is 29.5 Å². The lowest BCUT2D eigenvalue weighted by Crippen LogP contribution is -2.56. The minimum absolute atomic E-state index is 0.139. The third-order valence-electron chi connectivity index (χ3n) is 7.53. The third kappa shape index (κ3) is 3.01. The monoisotopic (exact) mass is 380 g/mol. The van der Waals surface area contributed by atoms with Crippen LogP contribution in [0.3, 0.4) is 0 Å². The van der Waals surface area contributed by atoms with E-state index >= 15 is 0 Å². The highest BCUT2D eigenvalue weighted by atomic mass is 16.5. The van der Waals surface area contributed by atoms with Crippen LogP contribution in [0, 0.1) is 23.2 Å². The summed E-state index contributed by atoms with van der Waals surface area (Å²) in [5.74, 6) is 1.90. The molecule has 148 valence electrons. The van der Waals surface area contributed by atoms with Gasteiger partial charge in [-0.3, -0.25) is 4.79 Å². The largest absolute Gasteiger partial charge is 0.452 e. The van der Waals surface area contributed by atoms with Crippen molar-refractivity contribution in [2.75, 3.05) is 6.61 Å². The quantitative estimate of drug-likeness (QED) is 0.769. The summed E-state index contributed by atoms with van der Waals surface area (Å²) < 4.78 is 5.31. The van der Waals surface area contributed by atoms with Crippen molar-refractivity contribution in [3.8, 4) is 0 Å². The molecule has 4 saturated carbocycles. The average Bonchev–Trinajstić information content (AvgIpc) is 3.09. The highest BCUT2D eigenvalue weighted by Crippen LogP contribution is 2.61. The van der Waals surface area contributed by atoms with E-state index in [1.54, 1.807) is 6.20 Å². The van der Waals surface area contributed by atoms with E-state index in [4.69, 9.17) is 4.74 Å². The number of amides is 1. The summed E-state index contributed by atoms with van der Waals surface area (Å²) in [5, 5.41) is 3.97. The van der Waals surface area contributed by atoms with Gasteiger partial charge in [-0.15, -0.1) is 0 Å². The Hall–Kier alpha value is -2.30. The molecule has 5 heteroatoms. The van der Waals surface area contributed by atoms with Gasteiger partial charge in [0.25, 0.3) is 5.91 Å². The van der Waals surface area contributed by atoms with E-state index in [1.165, 1.54) is 38.5 Å². The standard InChI is InChI=1S/C23H28N2O3/c1-14(23-9-15-6-16(10-23)8-17(7-15)11-23)25-21(26)13-28-22(27)19-12-24-20-5-3-2-4-18(19)20/h2-5,12,14-17,24H,6-11,13H2,1H3,(H,25,26)/t14-,15?,16?,17?,23?/m1/s1. The number of carbonyl (C=O) groups excluding carboxylic acids is 2. The van der Waals surface area contributed by atoms with Crippen molar-refractivity contribution in [1.82, 2.24) is 10.3 Å². The first kappa shape index (κ1) is 17.8. The van der Waals surface area contributed by atoms with Crippen LogP contribution < -0.4 is 5.32 Å². The molecule has 0 spiro atoms. The minimum atomic E-state index is -0.463. The number of hydrogen-bond acceptors (Lipinski definition) is 3. The molecule has 4 aliphatic rings. The normalized spacial score (nSPS) is 31.7. The first-order valence-electron chi connectivity index (χ1n) is 10.5. The molecule has 1 heterocycles. The van der Waals surface area contributed by atoms with Gasteiger partial charge in [-0.2, -0.15) is 0 Å². The number of aromatic nitrogens is 1. The Kier molecular flexibility index (Phi) is 4.22. The second-order valence-corrected chi connectivity index (χ2v) is 9.39. The van der Waals surface area contributed by atoms with Crippen LogP contribution in [0.4, 0.5) is 0 Å². The molecule has 0 aliphatic heterocycles. The molecule has 5 nitrogen and oxygen atoms in total. The average molecular weight is 380 g/mol. The second-order valence-electron chi connectivity index (χ2n) is 9.39. The summed E-state index contributed by atoms with van der Waals surface area (Å²) in [7, 11) is 0. The van der Waals surface area contributed by atoms with E-state index in [0.29, 0.717) is 5.56 Å². The number of nitrogens with one attached hydrogen (secondary N) is 2. The predicted octanol–water partition coefficient (Wildman–Crippen LogP) is 4.05. The molecule has 0 radical (unpaired) electrons. The van der Waals surface area contributed by atoms with Crippen LogP contribution in [0.25, 0.3) is 10.9 Å². The Bertz CT molecular complexity index is 880. The van der Waals surface area contributed by atoms with Gasteiger partial charge in [0.1, 0.15) is 0 Å². The molecule has 28 heavy (non-hydrogen) atoms. The van der Waals surface area contributed by atoms with Crippen molar-refractivity contribution in [2.45, 2.75) is 51.5 Å². The van der Waals surface area contributed by atoms with Gasteiger partial charge in [0, 0.05) is 23.1 Å². The zero-order valence-corrected chi connectivity index (χ0v) is 16.4. The van der Waals surface area contributed by atoms with Crippen molar-refractivity contribution < 1.29 is 14.3 Å². The molecule has 0 saturated heterocycles. The van der Waals surface area contributed by atoms with Crippen LogP contribution >= 0.6 is 0 Å². The lowest BCUT2D eigenvalue weighted by atomic mass is 9.48.